The monoisotopic (exact) mass is 422 g/mol. The number of hydrogen-bond acceptors (Lipinski definition) is 6. The Kier molecular flexibility index (Phi) is 5.93. The van der Waals surface area contributed by atoms with Gasteiger partial charge in [-0.05, 0) is 47.2 Å². The highest BCUT2D eigenvalue weighted by Crippen LogP contribution is 2.31. The predicted octanol–water partition coefficient (Wildman–Crippen LogP) is 3.74. The van der Waals surface area contributed by atoms with E-state index in [1.807, 2.05) is 4.68 Å². The highest BCUT2D eigenvalue weighted by molar-refractivity contribution is 7.09. The van der Waals surface area contributed by atoms with Gasteiger partial charge in [0.1, 0.15) is 0 Å². The summed E-state index contributed by atoms with van der Waals surface area (Å²) in [5.74, 6) is 0.946. The zero-order valence-electron chi connectivity index (χ0n) is 17.7. The maximum absolute atomic E-state index is 4.52. The van der Waals surface area contributed by atoms with Crippen LogP contribution in [-0.2, 0) is 6.54 Å². The fraction of sp³-hybridized carbons (Fsp3) is 0.522. The van der Waals surface area contributed by atoms with Crippen LogP contribution in [0.25, 0.3) is 0 Å². The Morgan fingerprint density at radius 2 is 1.80 bits per heavy atom. The van der Waals surface area contributed by atoms with Crippen molar-refractivity contribution in [2.45, 2.75) is 51.2 Å². The molecule has 0 amide bonds. The van der Waals surface area contributed by atoms with Crippen LogP contribution < -0.4 is 0 Å². The van der Waals surface area contributed by atoms with Crippen LogP contribution in [0.3, 0.4) is 0 Å². The topological polar surface area (TPSA) is 50.1 Å². The Morgan fingerprint density at radius 3 is 2.50 bits per heavy atom. The van der Waals surface area contributed by atoms with E-state index in [1.54, 1.807) is 11.3 Å². The molecule has 30 heavy (non-hydrogen) atoms. The summed E-state index contributed by atoms with van der Waals surface area (Å²) in [6.07, 6.45) is 5.55. The Morgan fingerprint density at radius 1 is 1.03 bits per heavy atom. The molecule has 2 aliphatic rings. The zero-order valence-corrected chi connectivity index (χ0v) is 18.5. The quantitative estimate of drug-likeness (QED) is 0.606. The average Bonchev–Trinajstić information content (AvgIpc) is 3.54. The van der Waals surface area contributed by atoms with Gasteiger partial charge in [-0.25, -0.2) is 4.68 Å². The van der Waals surface area contributed by atoms with Crippen molar-refractivity contribution in [3.8, 4) is 0 Å². The Bertz CT molecular complexity index is 921. The molecule has 0 unspecified atom stereocenters. The van der Waals surface area contributed by atoms with Crippen molar-refractivity contribution in [1.29, 1.82) is 0 Å². The van der Waals surface area contributed by atoms with Gasteiger partial charge in [-0.1, -0.05) is 48.7 Å². The highest BCUT2D eigenvalue weighted by Gasteiger charge is 2.33. The third-order valence-corrected chi connectivity index (χ3v) is 7.50. The fourth-order valence-electron chi connectivity index (χ4n) is 4.97. The lowest BCUT2D eigenvalue weighted by Gasteiger charge is -2.41. The van der Waals surface area contributed by atoms with E-state index in [4.69, 9.17) is 0 Å². The molecule has 7 heteroatoms. The first-order valence-electron chi connectivity index (χ1n) is 11.1. The molecule has 0 spiro atoms. The summed E-state index contributed by atoms with van der Waals surface area (Å²) < 4.78 is 1.99. The Balaban J connectivity index is 1.41. The van der Waals surface area contributed by atoms with Gasteiger partial charge in [-0.15, -0.1) is 16.4 Å². The second-order valence-electron chi connectivity index (χ2n) is 8.60. The van der Waals surface area contributed by atoms with Gasteiger partial charge in [0, 0.05) is 37.1 Å². The van der Waals surface area contributed by atoms with Gasteiger partial charge in [0.15, 0.2) is 5.82 Å². The molecule has 1 atom stereocenters. The number of tetrazole rings is 1. The number of aryl methyl sites for hydroxylation is 1. The first kappa shape index (κ1) is 19.8. The Hall–Kier alpha value is -2.09. The van der Waals surface area contributed by atoms with Crippen LogP contribution >= 0.6 is 11.3 Å². The lowest BCUT2D eigenvalue weighted by atomic mass is 10.0. The molecular weight excluding hydrogens is 392 g/mol. The van der Waals surface area contributed by atoms with E-state index in [2.05, 4.69) is 74.0 Å². The molecule has 2 aromatic heterocycles. The molecule has 158 valence electrons. The molecule has 6 nitrogen and oxygen atoms in total. The molecule has 0 radical (unpaired) electrons. The van der Waals surface area contributed by atoms with Crippen molar-refractivity contribution in [2.24, 2.45) is 0 Å². The van der Waals surface area contributed by atoms with Crippen molar-refractivity contribution >= 4 is 11.3 Å². The number of rotatable bonds is 6. The van der Waals surface area contributed by atoms with E-state index in [1.165, 1.54) is 41.7 Å². The van der Waals surface area contributed by atoms with Crippen LogP contribution in [-0.4, -0.2) is 62.2 Å². The van der Waals surface area contributed by atoms with Gasteiger partial charge in [-0.3, -0.25) is 9.80 Å². The molecule has 2 fully saturated rings. The molecule has 3 aromatic rings. The van der Waals surface area contributed by atoms with Crippen molar-refractivity contribution < 1.29 is 0 Å². The zero-order chi connectivity index (χ0) is 20.3. The standard InChI is InChI=1S/C23H30N6S/c1-18-8-10-19(11-9-18)22(23-24-25-26-29(23)17-21-7-4-16-30-21)28-14-12-27(13-15-28)20-5-2-3-6-20/h4,7-11,16,20,22H,2-3,5-6,12-15,17H2,1H3/t22-/m1/s1. The molecule has 1 aliphatic heterocycles. The molecule has 5 rings (SSSR count). The summed E-state index contributed by atoms with van der Waals surface area (Å²) in [6, 6.07) is 14.0. The third kappa shape index (κ3) is 4.19. The van der Waals surface area contributed by atoms with Gasteiger partial charge in [0.2, 0.25) is 0 Å². The largest absolute Gasteiger partial charge is 0.298 e. The number of aromatic nitrogens is 4. The number of benzene rings is 1. The number of piperazine rings is 1. The van der Waals surface area contributed by atoms with Gasteiger partial charge >= 0.3 is 0 Å². The van der Waals surface area contributed by atoms with Crippen LogP contribution in [0.4, 0.5) is 0 Å². The minimum atomic E-state index is 0.0892. The summed E-state index contributed by atoms with van der Waals surface area (Å²) in [4.78, 5) is 6.56. The summed E-state index contributed by atoms with van der Waals surface area (Å²) in [7, 11) is 0. The normalized spacial score (nSPS) is 20.0. The lowest BCUT2D eigenvalue weighted by Crippen LogP contribution is -2.51. The van der Waals surface area contributed by atoms with Gasteiger partial charge in [-0.2, -0.15) is 0 Å². The highest BCUT2D eigenvalue weighted by atomic mass is 32.1. The number of hydrogen-bond donors (Lipinski definition) is 0. The van der Waals surface area contributed by atoms with E-state index >= 15 is 0 Å². The predicted molar refractivity (Wildman–Crippen MR) is 120 cm³/mol. The number of nitrogens with zero attached hydrogens (tertiary/aromatic N) is 6. The van der Waals surface area contributed by atoms with Crippen LogP contribution in [0.2, 0.25) is 0 Å². The first-order valence-corrected chi connectivity index (χ1v) is 12.0. The van der Waals surface area contributed by atoms with Crippen LogP contribution in [0, 0.1) is 6.92 Å². The maximum atomic E-state index is 4.52. The second-order valence-corrected chi connectivity index (χ2v) is 9.63. The van der Waals surface area contributed by atoms with Crippen LogP contribution in [0.5, 0.6) is 0 Å². The van der Waals surface area contributed by atoms with Crippen LogP contribution in [0.1, 0.15) is 53.6 Å². The molecule has 0 bridgehead atoms. The van der Waals surface area contributed by atoms with Crippen molar-refractivity contribution in [2.75, 3.05) is 26.2 Å². The molecule has 1 saturated carbocycles. The third-order valence-electron chi connectivity index (χ3n) is 6.64. The summed E-state index contributed by atoms with van der Waals surface area (Å²) in [6.45, 7) is 7.26. The van der Waals surface area contributed by atoms with E-state index in [0.717, 1.165) is 44.6 Å². The molecular formula is C23H30N6S. The molecule has 1 aliphatic carbocycles. The summed E-state index contributed by atoms with van der Waals surface area (Å²) in [5, 5.41) is 15.1. The summed E-state index contributed by atoms with van der Waals surface area (Å²) >= 11 is 1.75. The Labute approximate surface area is 182 Å². The lowest BCUT2D eigenvalue weighted by molar-refractivity contribution is 0.0771. The summed E-state index contributed by atoms with van der Waals surface area (Å²) in [5.41, 5.74) is 2.55. The minimum Gasteiger partial charge on any atom is -0.298 e. The number of thiophene rings is 1. The van der Waals surface area contributed by atoms with E-state index in [-0.39, 0.29) is 6.04 Å². The maximum Gasteiger partial charge on any atom is 0.173 e. The SMILES string of the molecule is Cc1ccc([C@H](c2nnnn2Cc2cccs2)N2CCN(C3CCCC3)CC2)cc1. The van der Waals surface area contributed by atoms with Gasteiger partial charge in [0.05, 0.1) is 12.6 Å². The van der Waals surface area contributed by atoms with E-state index in [0.29, 0.717) is 0 Å². The van der Waals surface area contributed by atoms with Crippen LogP contribution in [0.15, 0.2) is 41.8 Å². The second kappa shape index (κ2) is 8.96. The van der Waals surface area contributed by atoms with Crippen molar-refractivity contribution in [3.05, 3.63) is 63.6 Å². The molecule has 0 N–H and O–H groups in total. The average molecular weight is 423 g/mol. The van der Waals surface area contributed by atoms with E-state index < -0.39 is 0 Å². The smallest absolute Gasteiger partial charge is 0.173 e. The minimum absolute atomic E-state index is 0.0892. The van der Waals surface area contributed by atoms with E-state index in [9.17, 15) is 0 Å². The first-order chi connectivity index (χ1) is 14.8. The van der Waals surface area contributed by atoms with Gasteiger partial charge in [0.25, 0.3) is 0 Å². The molecule has 3 heterocycles. The molecule has 1 saturated heterocycles. The van der Waals surface area contributed by atoms with Gasteiger partial charge < -0.3 is 0 Å². The molecule has 1 aromatic carbocycles. The fourth-order valence-corrected chi connectivity index (χ4v) is 5.66. The van der Waals surface area contributed by atoms with Crippen molar-refractivity contribution in [3.63, 3.8) is 0 Å². The van der Waals surface area contributed by atoms with Crippen molar-refractivity contribution in [1.82, 2.24) is 30.0 Å².